The number of ether oxygens (including phenoxy) is 1. The third-order valence-electron chi connectivity index (χ3n) is 14.3. The van der Waals surface area contributed by atoms with Crippen LogP contribution in [0.2, 0.25) is 0 Å². The average molecular weight is 881 g/mol. The number of alkyl halides is 2. The second kappa shape index (κ2) is 15.6. The molecule has 1 saturated carbocycles. The Kier molecular flexibility index (Phi) is 9.97. The maximum atomic E-state index is 16.2. The van der Waals surface area contributed by atoms with E-state index in [4.69, 9.17) is 9.72 Å². The summed E-state index contributed by atoms with van der Waals surface area (Å²) < 4.78 is 55.6. The molecule has 3 aromatic heterocycles. The average Bonchev–Trinajstić information content (AvgIpc) is 3.93. The number of nitrogens with one attached hydrogen (secondary N) is 3. The molecule has 11 rings (SSSR count). The molecule has 336 valence electrons. The van der Waals surface area contributed by atoms with Crippen LogP contribution in [-0.4, -0.2) is 116 Å². The number of likely N-dealkylation sites (N-methyl/N-ethyl adjacent to an activating group) is 1. The van der Waals surface area contributed by atoms with E-state index in [0.717, 1.165) is 77.1 Å². The van der Waals surface area contributed by atoms with E-state index in [1.54, 1.807) is 23.5 Å². The SMILES string of the molecule is CN1c2ccc(Nc3cc(N4CCC(CN5CCC(c6ccc7c(C8CCC(=O)NC8=O)nn(C)c7c6F)CC5)CC4)nc4ncnn34)cc2C2=C(OCC(F)(F)[C@H](C3CC3)N2)C1O. The van der Waals surface area contributed by atoms with Crippen molar-refractivity contribution in [1.82, 2.24) is 44.9 Å². The molecule has 4 fully saturated rings. The van der Waals surface area contributed by atoms with Gasteiger partial charge in [0, 0.05) is 68.5 Å². The van der Waals surface area contributed by atoms with Gasteiger partial charge in [-0.3, -0.25) is 19.6 Å². The Morgan fingerprint density at radius 2 is 1.78 bits per heavy atom. The zero-order chi connectivity index (χ0) is 44.0. The summed E-state index contributed by atoms with van der Waals surface area (Å²) in [5.41, 5.74) is 4.00. The number of fused-ring (bicyclic) bond motifs is 4. The number of piperidine rings is 3. The Morgan fingerprint density at radius 3 is 2.55 bits per heavy atom. The number of rotatable bonds is 8. The highest BCUT2D eigenvalue weighted by atomic mass is 19.3. The highest BCUT2D eigenvalue weighted by Crippen LogP contribution is 2.46. The molecule has 16 nitrogen and oxygen atoms in total. The summed E-state index contributed by atoms with van der Waals surface area (Å²) in [4.78, 5) is 40.0. The number of aromatic nitrogens is 6. The van der Waals surface area contributed by atoms with Crippen LogP contribution in [0.4, 0.5) is 36.2 Å². The van der Waals surface area contributed by atoms with Crippen LogP contribution in [0.1, 0.15) is 80.0 Å². The molecule has 1 aliphatic carbocycles. The van der Waals surface area contributed by atoms with Crippen molar-refractivity contribution >= 4 is 57.2 Å². The van der Waals surface area contributed by atoms with Crippen LogP contribution in [0.5, 0.6) is 0 Å². The lowest BCUT2D eigenvalue weighted by Gasteiger charge is -2.38. The first-order valence-corrected chi connectivity index (χ1v) is 22.4. The third kappa shape index (κ3) is 7.16. The van der Waals surface area contributed by atoms with Crippen molar-refractivity contribution in [1.29, 1.82) is 0 Å². The Labute approximate surface area is 366 Å². The molecule has 8 heterocycles. The number of anilines is 4. The lowest BCUT2D eigenvalue weighted by molar-refractivity contribution is -0.134. The predicted molar refractivity (Wildman–Crippen MR) is 232 cm³/mol. The summed E-state index contributed by atoms with van der Waals surface area (Å²) in [6.45, 7) is 3.57. The van der Waals surface area contributed by atoms with Crippen molar-refractivity contribution in [3.63, 3.8) is 0 Å². The van der Waals surface area contributed by atoms with Crippen molar-refractivity contribution < 1.29 is 32.6 Å². The van der Waals surface area contributed by atoms with Crippen molar-refractivity contribution in [2.45, 2.75) is 81.4 Å². The number of carbonyl (C=O) groups is 2. The lowest BCUT2D eigenvalue weighted by atomic mass is 9.86. The van der Waals surface area contributed by atoms with E-state index in [9.17, 15) is 14.7 Å². The first kappa shape index (κ1) is 40.8. The minimum absolute atomic E-state index is 0.0812. The number of amides is 2. The van der Waals surface area contributed by atoms with Crippen LogP contribution in [0.3, 0.4) is 0 Å². The summed E-state index contributed by atoms with van der Waals surface area (Å²) >= 11 is 0. The lowest BCUT2D eigenvalue weighted by Crippen LogP contribution is -2.47. The van der Waals surface area contributed by atoms with Crippen LogP contribution in [0.25, 0.3) is 22.4 Å². The number of nitrogens with zero attached hydrogens (tertiary/aromatic N) is 9. The van der Waals surface area contributed by atoms with Crippen molar-refractivity contribution in [3.05, 3.63) is 71.1 Å². The van der Waals surface area contributed by atoms with Gasteiger partial charge in [-0.1, -0.05) is 12.1 Å². The number of imide groups is 1. The van der Waals surface area contributed by atoms with Crippen molar-refractivity contribution in [2.24, 2.45) is 18.9 Å². The summed E-state index contributed by atoms with van der Waals surface area (Å²) in [5.74, 6) is -2.26. The standard InChI is InChI=1S/C45H51F3N12O4/c1-56-32-9-5-27(19-31(32)38-40(43(56)63)64-22-45(47,48)41(54-38)26-3-4-26)51-34-20-33(52-44-49-23-50-60(34)44)59-17-11-24(12-18-59)21-58-15-13-25(14-16-58)28-6-7-29-37(55-57(2)39(29)36(28)46)30-8-10-35(61)53-42(30)62/h5-7,9,19-20,23-26,30,41,43,51,54,63H,3-4,8,10-18,21-22H2,1-2H3,(H,53,61,62)/t30?,41-,43?/m0/s1. The number of likely N-dealkylation sites (tertiary alicyclic amines) is 1. The number of halogens is 3. The minimum Gasteiger partial charge on any atom is -0.485 e. The second-order valence-electron chi connectivity index (χ2n) is 18.4. The Bertz CT molecular complexity index is 2700. The fraction of sp³-hybridized carbons (Fsp3) is 0.511. The molecule has 3 saturated heterocycles. The van der Waals surface area contributed by atoms with Gasteiger partial charge >= 0.3 is 5.92 Å². The molecule has 5 aromatic rings. The molecule has 6 aliphatic rings. The van der Waals surface area contributed by atoms with Crippen LogP contribution in [0, 0.1) is 17.7 Å². The maximum absolute atomic E-state index is 16.2. The number of aliphatic hydroxyl groups is 1. The van der Waals surface area contributed by atoms with E-state index in [1.807, 2.05) is 36.4 Å². The number of aryl methyl sites for hydroxylation is 1. The monoisotopic (exact) mass is 880 g/mol. The molecule has 64 heavy (non-hydrogen) atoms. The normalized spacial score (nSPS) is 24.6. The van der Waals surface area contributed by atoms with E-state index in [1.165, 1.54) is 11.0 Å². The summed E-state index contributed by atoms with van der Waals surface area (Å²) in [6, 6.07) is 10.2. The molecule has 5 aliphatic heterocycles. The fourth-order valence-corrected chi connectivity index (χ4v) is 10.6. The van der Waals surface area contributed by atoms with Crippen LogP contribution >= 0.6 is 0 Å². The molecule has 19 heteroatoms. The van der Waals surface area contributed by atoms with E-state index >= 15 is 13.2 Å². The van der Waals surface area contributed by atoms with E-state index in [-0.39, 0.29) is 41.6 Å². The van der Waals surface area contributed by atoms with Crippen LogP contribution in [-0.2, 0) is 21.4 Å². The van der Waals surface area contributed by atoms with Gasteiger partial charge in [-0.15, -0.1) is 0 Å². The number of hydrogen-bond acceptors (Lipinski definition) is 13. The second-order valence-corrected chi connectivity index (χ2v) is 18.4. The zero-order valence-corrected chi connectivity index (χ0v) is 35.7. The van der Waals surface area contributed by atoms with Crippen molar-refractivity contribution in [3.8, 4) is 0 Å². The smallest absolute Gasteiger partial charge is 0.301 e. The van der Waals surface area contributed by atoms with Crippen molar-refractivity contribution in [2.75, 3.05) is 61.5 Å². The molecule has 2 amide bonds. The quantitative estimate of drug-likeness (QED) is 0.154. The molecule has 0 radical (unpaired) electrons. The molecule has 4 N–H and O–H groups in total. The van der Waals surface area contributed by atoms with Gasteiger partial charge in [0.05, 0.1) is 23.4 Å². The first-order chi connectivity index (χ1) is 30.9. The molecule has 2 unspecified atom stereocenters. The van der Waals surface area contributed by atoms with E-state index < -0.39 is 30.7 Å². The van der Waals surface area contributed by atoms with E-state index in [2.05, 4.69) is 40.9 Å². The first-order valence-electron chi connectivity index (χ1n) is 22.4. The molecular weight excluding hydrogens is 830 g/mol. The number of hydrogen-bond donors (Lipinski definition) is 4. The van der Waals surface area contributed by atoms with Crippen LogP contribution < -0.4 is 25.8 Å². The van der Waals surface area contributed by atoms with Gasteiger partial charge in [-0.2, -0.15) is 24.7 Å². The fourth-order valence-electron chi connectivity index (χ4n) is 10.6. The minimum atomic E-state index is -3.10. The number of aliphatic hydroxyl groups excluding tert-OH is 1. The molecule has 2 aromatic carbocycles. The highest BCUT2D eigenvalue weighted by molar-refractivity contribution is 6.02. The number of carbonyl (C=O) groups excluding carboxylic acids is 2. The third-order valence-corrected chi connectivity index (χ3v) is 14.3. The highest BCUT2D eigenvalue weighted by Gasteiger charge is 2.52. The molecule has 3 atom stereocenters. The maximum Gasteiger partial charge on any atom is 0.301 e. The topological polar surface area (TPSA) is 170 Å². The van der Waals surface area contributed by atoms with E-state index in [0.29, 0.717) is 68.7 Å². The molecular formula is C45H51F3N12O4. The summed E-state index contributed by atoms with van der Waals surface area (Å²) in [5, 5.41) is 29.7. The zero-order valence-electron chi connectivity index (χ0n) is 35.7. The molecule has 0 bridgehead atoms. The Hall–Kier alpha value is -5.95. The summed E-state index contributed by atoms with van der Waals surface area (Å²) in [7, 11) is 3.42. The van der Waals surface area contributed by atoms with Gasteiger partial charge in [0.15, 0.2) is 24.4 Å². The van der Waals surface area contributed by atoms with Crippen LogP contribution in [0.15, 0.2) is 48.5 Å². The van der Waals surface area contributed by atoms with Gasteiger partial charge in [0.1, 0.15) is 23.5 Å². The largest absolute Gasteiger partial charge is 0.485 e. The predicted octanol–water partition coefficient (Wildman–Crippen LogP) is 4.98. The van der Waals surface area contributed by atoms with Gasteiger partial charge < -0.3 is 35.2 Å². The van der Waals surface area contributed by atoms with Gasteiger partial charge in [0.25, 0.3) is 5.78 Å². The molecule has 0 spiro atoms. The Morgan fingerprint density at radius 1 is 0.984 bits per heavy atom. The Balaban J connectivity index is 0.740. The van der Waals surface area contributed by atoms with Gasteiger partial charge in [-0.25, -0.2) is 13.2 Å². The number of benzene rings is 2. The summed E-state index contributed by atoms with van der Waals surface area (Å²) in [6.07, 6.45) is 5.95. The van der Waals surface area contributed by atoms with Gasteiger partial charge in [-0.05, 0) is 99.6 Å². The van der Waals surface area contributed by atoms with Gasteiger partial charge in [0.2, 0.25) is 11.8 Å².